The third kappa shape index (κ3) is 3.86. The molecule has 0 aliphatic carbocycles. The van der Waals surface area contributed by atoms with Crippen LogP contribution >= 0.6 is 0 Å². The van der Waals surface area contributed by atoms with Crippen LogP contribution in [0.25, 0.3) is 0 Å². The maximum Gasteiger partial charge on any atom is 0.274 e. The molecule has 0 unspecified atom stereocenters. The van der Waals surface area contributed by atoms with Crippen molar-refractivity contribution in [2.24, 2.45) is 0 Å². The monoisotopic (exact) mass is 328 g/mol. The highest BCUT2D eigenvalue weighted by atomic mass is 19.1. The highest BCUT2D eigenvalue weighted by Gasteiger charge is 2.11. The van der Waals surface area contributed by atoms with Gasteiger partial charge in [0.15, 0.2) is 5.75 Å². The number of hydrogen-bond donors (Lipinski definition) is 1. The number of aromatic nitrogens is 3. The molecule has 0 atom stereocenters. The van der Waals surface area contributed by atoms with Gasteiger partial charge in [-0.3, -0.25) is 9.78 Å². The molecule has 6 nitrogen and oxygen atoms in total. The molecule has 2 aromatic heterocycles. The van der Waals surface area contributed by atoms with E-state index in [4.69, 9.17) is 4.74 Å². The molecule has 1 amide bonds. The van der Waals surface area contributed by atoms with E-state index in [0.717, 1.165) is 24.3 Å². The average Bonchev–Trinajstić information content (AvgIpc) is 2.55. The molecule has 0 bridgehead atoms. The number of ether oxygens (including phenoxy) is 1. The van der Waals surface area contributed by atoms with E-state index in [9.17, 15) is 13.6 Å². The minimum atomic E-state index is -0.672. The van der Waals surface area contributed by atoms with Gasteiger partial charge in [-0.15, -0.1) is 0 Å². The van der Waals surface area contributed by atoms with Crippen molar-refractivity contribution in [3.05, 3.63) is 72.6 Å². The number of amides is 1. The van der Waals surface area contributed by atoms with Gasteiger partial charge in [0, 0.05) is 30.1 Å². The first-order chi connectivity index (χ1) is 11.6. The van der Waals surface area contributed by atoms with E-state index in [-0.39, 0.29) is 17.1 Å². The summed E-state index contributed by atoms with van der Waals surface area (Å²) in [5.41, 5.74) is 0.0103. The van der Waals surface area contributed by atoms with Crippen LogP contribution in [0.4, 0.5) is 14.5 Å². The zero-order chi connectivity index (χ0) is 16.9. The molecule has 24 heavy (non-hydrogen) atoms. The fraction of sp³-hybridized carbons (Fsp3) is 0. The number of hydrogen-bond acceptors (Lipinski definition) is 5. The summed E-state index contributed by atoms with van der Waals surface area (Å²) in [6.07, 6.45) is 5.31. The fourth-order valence-electron chi connectivity index (χ4n) is 1.89. The zero-order valence-corrected chi connectivity index (χ0v) is 12.1. The quantitative estimate of drug-likeness (QED) is 0.796. The van der Waals surface area contributed by atoms with E-state index in [0.29, 0.717) is 5.75 Å². The second kappa shape index (κ2) is 6.78. The Balaban J connectivity index is 1.80. The fourth-order valence-corrected chi connectivity index (χ4v) is 1.89. The van der Waals surface area contributed by atoms with Gasteiger partial charge >= 0.3 is 0 Å². The Morgan fingerprint density at radius 1 is 1.00 bits per heavy atom. The molecule has 1 aromatic carbocycles. The molecule has 0 saturated carbocycles. The van der Waals surface area contributed by atoms with Gasteiger partial charge in [-0.1, -0.05) is 0 Å². The summed E-state index contributed by atoms with van der Waals surface area (Å²) in [6.45, 7) is 0. The number of pyridine rings is 1. The second-order valence-corrected chi connectivity index (χ2v) is 4.67. The van der Waals surface area contributed by atoms with E-state index >= 15 is 0 Å². The molecule has 0 saturated heterocycles. The molecule has 120 valence electrons. The molecule has 0 aliphatic rings. The molecular formula is C16H10F2N4O2. The summed E-state index contributed by atoms with van der Waals surface area (Å²) in [5.74, 6) is -1.43. The Bertz CT molecular complexity index is 875. The van der Waals surface area contributed by atoms with Crippen LogP contribution in [0.15, 0.2) is 55.2 Å². The Morgan fingerprint density at radius 2 is 1.79 bits per heavy atom. The number of benzene rings is 1. The first-order valence-corrected chi connectivity index (χ1v) is 6.76. The van der Waals surface area contributed by atoms with Crippen molar-refractivity contribution in [2.45, 2.75) is 0 Å². The summed E-state index contributed by atoms with van der Waals surface area (Å²) in [4.78, 5) is 23.3. The molecule has 3 aromatic rings. The van der Waals surface area contributed by atoms with Crippen molar-refractivity contribution in [2.75, 3.05) is 5.32 Å². The van der Waals surface area contributed by atoms with Crippen molar-refractivity contribution < 1.29 is 18.3 Å². The molecule has 3 rings (SSSR count). The van der Waals surface area contributed by atoms with Crippen molar-refractivity contribution in [1.82, 2.24) is 15.0 Å². The van der Waals surface area contributed by atoms with E-state index in [1.807, 2.05) is 0 Å². The van der Waals surface area contributed by atoms with Crippen molar-refractivity contribution in [3.8, 4) is 11.5 Å². The Labute approximate surface area is 135 Å². The molecule has 8 heteroatoms. The van der Waals surface area contributed by atoms with E-state index in [1.165, 1.54) is 31.0 Å². The van der Waals surface area contributed by atoms with Gasteiger partial charge in [-0.2, -0.15) is 0 Å². The number of anilines is 1. The average molecular weight is 328 g/mol. The van der Waals surface area contributed by atoms with Gasteiger partial charge in [0.05, 0.1) is 12.4 Å². The van der Waals surface area contributed by atoms with Crippen LogP contribution in [0.3, 0.4) is 0 Å². The van der Waals surface area contributed by atoms with Crippen molar-refractivity contribution in [1.29, 1.82) is 0 Å². The van der Waals surface area contributed by atoms with E-state index in [2.05, 4.69) is 20.3 Å². The maximum atomic E-state index is 13.7. The number of nitrogens with one attached hydrogen (secondary N) is 1. The maximum absolute atomic E-state index is 13.7. The van der Waals surface area contributed by atoms with Crippen LogP contribution in [-0.4, -0.2) is 20.9 Å². The Kier molecular flexibility index (Phi) is 4.37. The van der Waals surface area contributed by atoms with E-state index in [1.54, 1.807) is 0 Å². The van der Waals surface area contributed by atoms with Crippen molar-refractivity contribution in [3.63, 3.8) is 0 Å². The lowest BCUT2D eigenvalue weighted by atomic mass is 10.2. The van der Waals surface area contributed by atoms with Gasteiger partial charge < -0.3 is 10.1 Å². The summed E-state index contributed by atoms with van der Waals surface area (Å²) in [5, 5.41) is 2.43. The smallest absolute Gasteiger partial charge is 0.274 e. The SMILES string of the molecule is O=C(Nc1cc(F)cc(Oc2cncnc2)c1)c1cc(F)ccn1. The first-order valence-electron chi connectivity index (χ1n) is 6.76. The molecule has 1 N–H and O–H groups in total. The lowest BCUT2D eigenvalue weighted by molar-refractivity contribution is 0.102. The topological polar surface area (TPSA) is 77.0 Å². The largest absolute Gasteiger partial charge is 0.454 e. The summed E-state index contributed by atoms with van der Waals surface area (Å²) < 4.78 is 32.2. The minimum Gasteiger partial charge on any atom is -0.454 e. The lowest BCUT2D eigenvalue weighted by Gasteiger charge is -2.09. The Morgan fingerprint density at radius 3 is 2.54 bits per heavy atom. The summed E-state index contributed by atoms with van der Waals surface area (Å²) in [6, 6.07) is 5.75. The van der Waals surface area contributed by atoms with Crippen LogP contribution in [0.1, 0.15) is 10.5 Å². The highest BCUT2D eigenvalue weighted by molar-refractivity contribution is 6.02. The van der Waals surface area contributed by atoms with Gasteiger partial charge in [-0.25, -0.2) is 18.7 Å². The molecule has 0 radical (unpaired) electrons. The number of carbonyl (C=O) groups is 1. The third-order valence-electron chi connectivity index (χ3n) is 2.86. The van der Waals surface area contributed by atoms with Gasteiger partial charge in [0.1, 0.15) is 29.4 Å². The third-order valence-corrected chi connectivity index (χ3v) is 2.86. The molecule has 0 fully saturated rings. The second-order valence-electron chi connectivity index (χ2n) is 4.67. The Hall–Kier alpha value is -3.42. The van der Waals surface area contributed by atoms with Gasteiger partial charge in [-0.05, 0) is 12.1 Å². The number of nitrogens with zero attached hydrogens (tertiary/aromatic N) is 3. The summed E-state index contributed by atoms with van der Waals surface area (Å²) >= 11 is 0. The van der Waals surface area contributed by atoms with Crippen LogP contribution in [-0.2, 0) is 0 Å². The first kappa shape index (κ1) is 15.5. The minimum absolute atomic E-state index is 0.127. The predicted molar refractivity (Wildman–Crippen MR) is 80.7 cm³/mol. The molecule has 0 spiro atoms. The van der Waals surface area contributed by atoms with Crippen LogP contribution in [0, 0.1) is 11.6 Å². The van der Waals surface area contributed by atoms with Crippen LogP contribution < -0.4 is 10.1 Å². The van der Waals surface area contributed by atoms with Gasteiger partial charge in [0.25, 0.3) is 5.91 Å². The molecular weight excluding hydrogens is 318 g/mol. The van der Waals surface area contributed by atoms with Gasteiger partial charge in [0.2, 0.25) is 0 Å². The van der Waals surface area contributed by atoms with Crippen LogP contribution in [0.2, 0.25) is 0 Å². The summed E-state index contributed by atoms with van der Waals surface area (Å²) in [7, 11) is 0. The molecule has 2 heterocycles. The molecule has 0 aliphatic heterocycles. The lowest BCUT2D eigenvalue weighted by Crippen LogP contribution is -2.14. The standard InChI is InChI=1S/C16H10F2N4O2/c17-10-1-2-21-15(5-10)16(23)22-12-3-11(18)4-13(6-12)24-14-7-19-9-20-8-14/h1-9H,(H,22,23). The van der Waals surface area contributed by atoms with Crippen LogP contribution in [0.5, 0.6) is 11.5 Å². The van der Waals surface area contributed by atoms with Crippen molar-refractivity contribution >= 4 is 11.6 Å². The number of rotatable bonds is 4. The predicted octanol–water partition coefficient (Wildman–Crippen LogP) is 3.19. The van der Waals surface area contributed by atoms with E-state index < -0.39 is 17.5 Å². The zero-order valence-electron chi connectivity index (χ0n) is 12.1. The number of carbonyl (C=O) groups excluding carboxylic acids is 1. The normalized spacial score (nSPS) is 10.2. The number of halogens is 2. The highest BCUT2D eigenvalue weighted by Crippen LogP contribution is 2.25.